The smallest absolute Gasteiger partial charge is 0.0699 e. The number of aliphatic hydroxyl groups excluding tert-OH is 1. The first-order valence-electron chi connectivity index (χ1n) is 6.67. The number of hydrogen-bond acceptors (Lipinski definition) is 2. The van der Waals surface area contributed by atoms with Crippen molar-refractivity contribution in [3.63, 3.8) is 0 Å². The van der Waals surface area contributed by atoms with E-state index in [0.29, 0.717) is 12.0 Å². The summed E-state index contributed by atoms with van der Waals surface area (Å²) in [5, 5.41) is 13.6. The molecule has 0 radical (unpaired) electrons. The quantitative estimate of drug-likeness (QED) is 0.791. The number of rotatable bonds is 6. The fourth-order valence-corrected chi connectivity index (χ4v) is 2.56. The lowest BCUT2D eigenvalue weighted by atomic mass is 9.84. The van der Waals surface area contributed by atoms with Crippen LogP contribution in [0.4, 0.5) is 0 Å². The number of aliphatic hydroxyl groups is 1. The molecule has 0 spiro atoms. The van der Waals surface area contributed by atoms with Gasteiger partial charge in [-0.25, -0.2) is 0 Å². The second-order valence-electron chi connectivity index (χ2n) is 5.22. The van der Waals surface area contributed by atoms with Gasteiger partial charge in [-0.3, -0.25) is 0 Å². The van der Waals surface area contributed by atoms with E-state index in [4.69, 9.17) is 0 Å². The van der Waals surface area contributed by atoms with Crippen molar-refractivity contribution in [3.05, 3.63) is 35.9 Å². The van der Waals surface area contributed by atoms with Gasteiger partial charge < -0.3 is 10.4 Å². The lowest BCUT2D eigenvalue weighted by Gasteiger charge is -2.37. The molecule has 94 valence electrons. The molecule has 0 amide bonds. The summed E-state index contributed by atoms with van der Waals surface area (Å²) in [6.45, 7) is 4.56. The zero-order valence-electron chi connectivity index (χ0n) is 10.8. The maximum absolute atomic E-state index is 9.92. The molecule has 1 aromatic carbocycles. The summed E-state index contributed by atoms with van der Waals surface area (Å²) in [7, 11) is 0. The van der Waals surface area contributed by atoms with E-state index in [1.54, 1.807) is 0 Å². The molecule has 1 aromatic rings. The normalized spacial score (nSPS) is 20.9. The van der Waals surface area contributed by atoms with Crippen LogP contribution < -0.4 is 5.32 Å². The number of nitrogens with one attached hydrogen (secondary N) is 1. The molecular weight excluding hydrogens is 210 g/mol. The molecule has 0 aromatic heterocycles. The van der Waals surface area contributed by atoms with Gasteiger partial charge in [-0.1, -0.05) is 37.3 Å². The van der Waals surface area contributed by atoms with E-state index in [0.717, 1.165) is 6.42 Å². The van der Waals surface area contributed by atoms with Crippen molar-refractivity contribution < 1.29 is 5.11 Å². The molecule has 0 saturated heterocycles. The predicted molar refractivity (Wildman–Crippen MR) is 70.8 cm³/mol. The minimum absolute atomic E-state index is 0.187. The Balaban J connectivity index is 2.29. The minimum Gasteiger partial charge on any atom is -0.394 e. The van der Waals surface area contributed by atoms with Crippen LogP contribution in [0.15, 0.2) is 30.3 Å². The van der Waals surface area contributed by atoms with Gasteiger partial charge in [0, 0.05) is 6.04 Å². The van der Waals surface area contributed by atoms with Crippen LogP contribution in [0.3, 0.4) is 0 Å². The Bertz CT molecular complexity index is 347. The zero-order chi connectivity index (χ0) is 12.3. The zero-order valence-corrected chi connectivity index (χ0v) is 10.8. The molecule has 2 atom stereocenters. The van der Waals surface area contributed by atoms with Crippen molar-refractivity contribution in [2.75, 3.05) is 6.61 Å². The Morgan fingerprint density at radius 1 is 1.35 bits per heavy atom. The first-order valence-corrected chi connectivity index (χ1v) is 6.67. The van der Waals surface area contributed by atoms with E-state index < -0.39 is 0 Å². The van der Waals surface area contributed by atoms with Crippen molar-refractivity contribution in [1.82, 2.24) is 5.32 Å². The Morgan fingerprint density at radius 2 is 2.00 bits per heavy atom. The maximum Gasteiger partial charge on any atom is 0.0699 e. The van der Waals surface area contributed by atoms with E-state index in [1.807, 2.05) is 6.07 Å². The van der Waals surface area contributed by atoms with E-state index in [-0.39, 0.29) is 12.1 Å². The summed E-state index contributed by atoms with van der Waals surface area (Å²) in [6.07, 6.45) is 3.53. The Morgan fingerprint density at radius 3 is 2.47 bits per heavy atom. The average molecular weight is 233 g/mol. The molecule has 2 N–H and O–H groups in total. The molecule has 1 aliphatic carbocycles. The summed E-state index contributed by atoms with van der Waals surface area (Å²) >= 11 is 0. The highest BCUT2D eigenvalue weighted by Gasteiger charge is 2.46. The van der Waals surface area contributed by atoms with E-state index in [1.165, 1.54) is 18.4 Å². The second-order valence-corrected chi connectivity index (χ2v) is 5.22. The van der Waals surface area contributed by atoms with Crippen LogP contribution in [-0.2, 0) is 5.54 Å². The molecule has 2 unspecified atom stereocenters. The molecular formula is C15H23NO. The van der Waals surface area contributed by atoms with Crippen molar-refractivity contribution in [1.29, 1.82) is 0 Å². The highest BCUT2D eigenvalue weighted by molar-refractivity contribution is 5.28. The molecule has 1 aliphatic rings. The SMILES string of the molecule is CCC(C)NC(CO)(c1ccccc1)C1CC1. The van der Waals surface area contributed by atoms with Gasteiger partial charge in [0.1, 0.15) is 0 Å². The predicted octanol–water partition coefficient (Wildman–Crippen LogP) is 2.67. The minimum atomic E-state index is -0.226. The maximum atomic E-state index is 9.92. The van der Waals surface area contributed by atoms with Gasteiger partial charge in [0.15, 0.2) is 0 Å². The van der Waals surface area contributed by atoms with Crippen molar-refractivity contribution >= 4 is 0 Å². The third kappa shape index (κ3) is 2.53. The molecule has 2 nitrogen and oxygen atoms in total. The van der Waals surface area contributed by atoms with Gasteiger partial charge in [0.25, 0.3) is 0 Å². The van der Waals surface area contributed by atoms with Crippen LogP contribution in [-0.4, -0.2) is 17.8 Å². The van der Waals surface area contributed by atoms with Crippen LogP contribution in [0, 0.1) is 5.92 Å². The van der Waals surface area contributed by atoms with Crippen LogP contribution in [0.1, 0.15) is 38.7 Å². The summed E-state index contributed by atoms with van der Waals surface area (Å²) in [4.78, 5) is 0. The molecule has 1 fully saturated rings. The van der Waals surface area contributed by atoms with Gasteiger partial charge in [-0.05, 0) is 37.7 Å². The molecule has 1 saturated carbocycles. The van der Waals surface area contributed by atoms with Gasteiger partial charge in [0.05, 0.1) is 12.1 Å². The van der Waals surface area contributed by atoms with Crippen LogP contribution in [0.2, 0.25) is 0 Å². The Hall–Kier alpha value is -0.860. The Labute approximate surface area is 104 Å². The van der Waals surface area contributed by atoms with Gasteiger partial charge in [-0.2, -0.15) is 0 Å². The van der Waals surface area contributed by atoms with Gasteiger partial charge >= 0.3 is 0 Å². The van der Waals surface area contributed by atoms with Crippen LogP contribution >= 0.6 is 0 Å². The summed E-state index contributed by atoms with van der Waals surface area (Å²) < 4.78 is 0. The fraction of sp³-hybridized carbons (Fsp3) is 0.600. The highest BCUT2D eigenvalue weighted by Crippen LogP contribution is 2.45. The number of hydrogen-bond donors (Lipinski definition) is 2. The van der Waals surface area contributed by atoms with Gasteiger partial charge in [-0.15, -0.1) is 0 Å². The first kappa shape index (κ1) is 12.6. The van der Waals surface area contributed by atoms with E-state index in [2.05, 4.69) is 43.4 Å². The van der Waals surface area contributed by atoms with Gasteiger partial charge in [0.2, 0.25) is 0 Å². The molecule has 2 heteroatoms. The topological polar surface area (TPSA) is 32.3 Å². The fourth-order valence-electron chi connectivity index (χ4n) is 2.56. The molecule has 0 aliphatic heterocycles. The monoisotopic (exact) mass is 233 g/mol. The molecule has 17 heavy (non-hydrogen) atoms. The summed E-state index contributed by atoms with van der Waals surface area (Å²) in [5.74, 6) is 0.587. The lowest BCUT2D eigenvalue weighted by Crippen LogP contribution is -2.51. The molecule has 0 bridgehead atoms. The number of benzene rings is 1. The van der Waals surface area contributed by atoms with Crippen LogP contribution in [0.5, 0.6) is 0 Å². The average Bonchev–Trinajstić information content (AvgIpc) is 3.21. The van der Waals surface area contributed by atoms with E-state index in [9.17, 15) is 5.11 Å². The first-order chi connectivity index (χ1) is 8.23. The van der Waals surface area contributed by atoms with Crippen LogP contribution in [0.25, 0.3) is 0 Å². The third-order valence-electron chi connectivity index (χ3n) is 3.93. The molecule has 0 heterocycles. The summed E-state index contributed by atoms with van der Waals surface area (Å²) in [5.41, 5.74) is 1.00. The second kappa shape index (κ2) is 5.19. The standard InChI is InChI=1S/C15H23NO/c1-3-12(2)16-15(11-17,14-9-10-14)13-7-5-4-6-8-13/h4-8,12,14,16-17H,3,9-11H2,1-2H3. The van der Waals surface area contributed by atoms with Crippen molar-refractivity contribution in [3.8, 4) is 0 Å². The highest BCUT2D eigenvalue weighted by atomic mass is 16.3. The molecule has 2 rings (SSSR count). The lowest BCUT2D eigenvalue weighted by molar-refractivity contribution is 0.127. The largest absolute Gasteiger partial charge is 0.394 e. The van der Waals surface area contributed by atoms with E-state index >= 15 is 0 Å². The summed E-state index contributed by atoms with van der Waals surface area (Å²) in [6, 6.07) is 10.8. The van der Waals surface area contributed by atoms with Crippen molar-refractivity contribution in [2.45, 2.75) is 44.7 Å². The third-order valence-corrected chi connectivity index (χ3v) is 3.93. The van der Waals surface area contributed by atoms with Crippen molar-refractivity contribution in [2.24, 2.45) is 5.92 Å². The Kier molecular flexibility index (Phi) is 3.85.